The van der Waals surface area contributed by atoms with Crippen LogP contribution < -0.4 is 4.72 Å². The first-order valence-corrected chi connectivity index (χ1v) is 9.93. The highest BCUT2D eigenvalue weighted by atomic mass is 35.5. The summed E-state index contributed by atoms with van der Waals surface area (Å²) in [5.74, 6) is -2.31. The molecule has 1 aromatic heterocycles. The molecule has 2 aromatic rings. The van der Waals surface area contributed by atoms with Crippen molar-refractivity contribution in [1.29, 1.82) is 0 Å². The second-order valence-corrected chi connectivity index (χ2v) is 9.26. The average molecular weight is 410 g/mol. The predicted octanol–water partition coefficient (Wildman–Crippen LogP) is 2.29. The van der Waals surface area contributed by atoms with Crippen LogP contribution in [0.2, 0.25) is 5.02 Å². The van der Waals surface area contributed by atoms with Gasteiger partial charge < -0.3 is 5.11 Å². The molecule has 4 atom stereocenters. The molecule has 2 saturated carbocycles. The van der Waals surface area contributed by atoms with Gasteiger partial charge in [-0.1, -0.05) is 11.6 Å². The van der Waals surface area contributed by atoms with Gasteiger partial charge in [0.2, 0.25) is 10.0 Å². The SMILES string of the molecule is O=S(=O)(CC(F)(F)F)NC1[C@H]2CC(O)(c3cc(Cl)cc4[nH]ncc34)C[C@@H]12. The first-order valence-electron chi connectivity index (χ1n) is 7.90. The number of aromatic nitrogens is 2. The molecule has 26 heavy (non-hydrogen) atoms. The Balaban J connectivity index is 1.51. The Morgan fingerprint density at radius 3 is 2.62 bits per heavy atom. The quantitative estimate of drug-likeness (QED) is 0.722. The lowest BCUT2D eigenvalue weighted by Gasteiger charge is -2.27. The molecule has 0 radical (unpaired) electrons. The van der Waals surface area contributed by atoms with Crippen molar-refractivity contribution in [3.8, 4) is 0 Å². The molecule has 2 fully saturated rings. The Hall–Kier alpha value is -1.36. The largest absolute Gasteiger partial charge is 0.404 e. The number of halogens is 4. The van der Waals surface area contributed by atoms with Crippen molar-refractivity contribution in [2.24, 2.45) is 11.8 Å². The second kappa shape index (κ2) is 5.57. The molecule has 3 N–H and O–H groups in total. The van der Waals surface area contributed by atoms with Crippen LogP contribution in [0.1, 0.15) is 18.4 Å². The maximum absolute atomic E-state index is 12.3. The maximum Gasteiger partial charge on any atom is 0.404 e. The highest BCUT2D eigenvalue weighted by molar-refractivity contribution is 7.89. The van der Waals surface area contributed by atoms with Crippen LogP contribution in [0, 0.1) is 11.8 Å². The zero-order valence-electron chi connectivity index (χ0n) is 13.2. The van der Waals surface area contributed by atoms with Crippen molar-refractivity contribution in [2.45, 2.75) is 30.7 Å². The van der Waals surface area contributed by atoms with E-state index in [0.717, 1.165) is 0 Å². The fourth-order valence-corrected chi connectivity index (χ4v) is 5.62. The zero-order valence-corrected chi connectivity index (χ0v) is 14.8. The number of fused-ring (bicyclic) bond motifs is 2. The second-order valence-electron chi connectivity index (χ2n) is 7.07. The van der Waals surface area contributed by atoms with E-state index in [9.17, 15) is 26.7 Å². The fraction of sp³-hybridized carbons (Fsp3) is 0.533. The predicted molar refractivity (Wildman–Crippen MR) is 88.0 cm³/mol. The van der Waals surface area contributed by atoms with E-state index < -0.39 is 33.6 Å². The molecule has 0 bridgehead atoms. The standard InChI is InChI=1S/C15H15ClF3N3O3S/c16-7-1-11(10-5-20-21-12(10)2-7)14(23)3-8-9(4-14)13(8)22-26(24,25)6-15(17,18)19/h1-2,5,8-9,13,22-23H,3-4,6H2,(H,20,21)/t8-,9+,13?,14?. The Morgan fingerprint density at radius 2 is 2.00 bits per heavy atom. The van der Waals surface area contributed by atoms with Crippen molar-refractivity contribution in [2.75, 3.05) is 5.75 Å². The number of H-pyrrole nitrogens is 1. The number of hydrogen-bond donors (Lipinski definition) is 3. The van der Waals surface area contributed by atoms with Crippen molar-refractivity contribution in [1.82, 2.24) is 14.9 Å². The number of nitrogens with zero attached hydrogens (tertiary/aromatic N) is 1. The minimum absolute atomic E-state index is 0.205. The van der Waals surface area contributed by atoms with Crippen molar-refractivity contribution in [3.63, 3.8) is 0 Å². The molecule has 2 unspecified atom stereocenters. The lowest BCUT2D eigenvalue weighted by molar-refractivity contribution is -0.106. The van der Waals surface area contributed by atoms with Crippen LogP contribution >= 0.6 is 11.6 Å². The summed E-state index contributed by atoms with van der Waals surface area (Å²) in [6.07, 6.45) is -2.72. The molecule has 11 heteroatoms. The average Bonchev–Trinajstić information content (AvgIpc) is 2.89. The Labute approximate surface area is 151 Å². The summed E-state index contributed by atoms with van der Waals surface area (Å²) in [6.45, 7) is 0. The van der Waals surface area contributed by atoms with Gasteiger partial charge >= 0.3 is 6.18 Å². The zero-order chi connectivity index (χ0) is 18.9. The van der Waals surface area contributed by atoms with Crippen LogP contribution in [-0.4, -0.2) is 41.7 Å². The minimum atomic E-state index is -4.79. The van der Waals surface area contributed by atoms with Gasteiger partial charge in [0.05, 0.1) is 17.3 Å². The number of rotatable bonds is 4. The summed E-state index contributed by atoms with van der Waals surface area (Å²) in [7, 11) is -4.45. The van der Waals surface area contributed by atoms with E-state index >= 15 is 0 Å². The molecule has 0 amide bonds. The van der Waals surface area contributed by atoms with E-state index in [2.05, 4.69) is 14.9 Å². The van der Waals surface area contributed by atoms with E-state index in [4.69, 9.17) is 11.6 Å². The lowest BCUT2D eigenvalue weighted by atomic mass is 9.86. The topological polar surface area (TPSA) is 95.1 Å². The normalized spacial score (nSPS) is 31.3. The number of aromatic amines is 1. The molecule has 1 aromatic carbocycles. The minimum Gasteiger partial charge on any atom is -0.385 e. The lowest BCUT2D eigenvalue weighted by Crippen LogP contribution is -2.38. The Kier molecular flexibility index (Phi) is 3.86. The van der Waals surface area contributed by atoms with Gasteiger partial charge in [-0.05, 0) is 42.4 Å². The number of benzene rings is 1. The summed E-state index contributed by atoms with van der Waals surface area (Å²) >= 11 is 6.09. The number of aliphatic hydroxyl groups is 1. The van der Waals surface area contributed by atoms with Crippen molar-refractivity contribution >= 4 is 32.5 Å². The molecule has 1 heterocycles. The molecule has 2 aliphatic rings. The van der Waals surface area contributed by atoms with Gasteiger partial charge in [0.25, 0.3) is 0 Å². The summed E-state index contributed by atoms with van der Waals surface area (Å²) in [5.41, 5.74) is 0.0516. The van der Waals surface area contributed by atoms with Gasteiger partial charge in [-0.15, -0.1) is 0 Å². The van der Waals surface area contributed by atoms with Crippen LogP contribution in [0.5, 0.6) is 0 Å². The van der Waals surface area contributed by atoms with Gasteiger partial charge in [0, 0.05) is 16.5 Å². The van der Waals surface area contributed by atoms with E-state index in [1.807, 2.05) is 0 Å². The summed E-state index contributed by atoms with van der Waals surface area (Å²) in [6, 6.07) is 2.76. The first kappa shape index (κ1) is 18.0. The molecule has 142 valence electrons. The van der Waals surface area contributed by atoms with Crippen LogP contribution in [0.3, 0.4) is 0 Å². The molecule has 0 aliphatic heterocycles. The molecule has 2 aliphatic carbocycles. The molecule has 4 rings (SSSR count). The summed E-state index contributed by atoms with van der Waals surface area (Å²) < 4.78 is 62.4. The van der Waals surface area contributed by atoms with Gasteiger partial charge in [-0.2, -0.15) is 18.3 Å². The third-order valence-electron chi connectivity index (χ3n) is 5.17. The molecule has 0 spiro atoms. The smallest absolute Gasteiger partial charge is 0.385 e. The van der Waals surface area contributed by atoms with Gasteiger partial charge in [0.1, 0.15) is 0 Å². The first-order chi connectivity index (χ1) is 12.0. The molecular formula is C15H15ClF3N3O3S. The van der Waals surface area contributed by atoms with E-state index in [-0.39, 0.29) is 24.7 Å². The molecular weight excluding hydrogens is 395 g/mol. The molecule has 0 saturated heterocycles. The van der Waals surface area contributed by atoms with Crippen LogP contribution in [0.15, 0.2) is 18.3 Å². The fourth-order valence-electron chi connectivity index (χ4n) is 4.13. The van der Waals surface area contributed by atoms with Gasteiger partial charge in [-0.3, -0.25) is 5.10 Å². The highest BCUT2D eigenvalue weighted by Crippen LogP contribution is 2.60. The third-order valence-corrected chi connectivity index (χ3v) is 6.73. The van der Waals surface area contributed by atoms with Crippen molar-refractivity contribution in [3.05, 3.63) is 28.9 Å². The molecule has 6 nitrogen and oxygen atoms in total. The number of sulfonamides is 1. The van der Waals surface area contributed by atoms with E-state index in [1.165, 1.54) is 0 Å². The Morgan fingerprint density at radius 1 is 1.35 bits per heavy atom. The third kappa shape index (κ3) is 3.19. The highest BCUT2D eigenvalue weighted by Gasteiger charge is 2.63. The Bertz CT molecular complexity index is 963. The number of nitrogens with one attached hydrogen (secondary N) is 2. The maximum atomic E-state index is 12.3. The monoisotopic (exact) mass is 409 g/mol. The number of alkyl halides is 3. The van der Waals surface area contributed by atoms with Crippen LogP contribution in [0.25, 0.3) is 10.9 Å². The van der Waals surface area contributed by atoms with Crippen LogP contribution in [0.4, 0.5) is 13.2 Å². The van der Waals surface area contributed by atoms with Crippen LogP contribution in [-0.2, 0) is 15.6 Å². The van der Waals surface area contributed by atoms with E-state index in [1.54, 1.807) is 18.3 Å². The summed E-state index contributed by atoms with van der Waals surface area (Å²) in [5, 5.41) is 18.9. The van der Waals surface area contributed by atoms with Gasteiger partial charge in [0.15, 0.2) is 5.75 Å². The van der Waals surface area contributed by atoms with Crippen molar-refractivity contribution < 1.29 is 26.7 Å². The number of hydrogen-bond acceptors (Lipinski definition) is 4. The summed E-state index contributed by atoms with van der Waals surface area (Å²) in [4.78, 5) is 0. The van der Waals surface area contributed by atoms with Gasteiger partial charge in [-0.25, -0.2) is 13.1 Å². The van der Waals surface area contributed by atoms with E-state index in [0.29, 0.717) is 21.5 Å².